The summed E-state index contributed by atoms with van der Waals surface area (Å²) in [6.45, 7) is -0.926. The Balaban J connectivity index is 1.68. The lowest BCUT2D eigenvalue weighted by molar-refractivity contribution is -0.141. The molecular formula is C23H21ClN2O6S2. The zero-order chi connectivity index (χ0) is 24.6. The molecule has 11 heteroatoms. The third-order valence-electron chi connectivity index (χ3n) is 5.96. The topological polar surface area (TPSA) is 133 Å². The molecule has 0 unspecified atom stereocenters. The molecule has 3 aromatic rings. The minimum absolute atomic E-state index is 0.0358. The van der Waals surface area contributed by atoms with Crippen LogP contribution in [0.2, 0.25) is 5.02 Å². The standard InChI is InChI=1S/C23H21ClN2O6S2/c24-17-8-6-15(7-9-17)18-10-11-20(33-18)34(31,32)26-23(21(29)30)13-22(23,14-25-19(28)12-27)16-4-2-1-3-5-16/h1-11,26-27H,12-14H2,(H,25,28)(H,29,30)/t22-,23+/m1/s1. The first-order chi connectivity index (χ1) is 16.1. The molecule has 0 spiro atoms. The fourth-order valence-electron chi connectivity index (χ4n) is 4.11. The van der Waals surface area contributed by atoms with Crippen LogP contribution in [-0.2, 0) is 25.0 Å². The lowest BCUT2D eigenvalue weighted by atomic mass is 9.90. The Hall–Kier alpha value is -2.76. The van der Waals surface area contributed by atoms with E-state index in [1.165, 1.54) is 6.07 Å². The molecule has 1 aromatic heterocycles. The van der Waals surface area contributed by atoms with E-state index in [2.05, 4.69) is 10.0 Å². The highest BCUT2D eigenvalue weighted by Gasteiger charge is 2.74. The number of thiophene rings is 1. The molecule has 2 aromatic carbocycles. The van der Waals surface area contributed by atoms with Gasteiger partial charge in [-0.1, -0.05) is 54.1 Å². The molecule has 34 heavy (non-hydrogen) atoms. The van der Waals surface area contributed by atoms with Gasteiger partial charge in [0, 0.05) is 21.9 Å². The van der Waals surface area contributed by atoms with E-state index in [0.29, 0.717) is 15.5 Å². The van der Waals surface area contributed by atoms with E-state index in [-0.39, 0.29) is 17.2 Å². The van der Waals surface area contributed by atoms with Gasteiger partial charge in [-0.05, 0) is 41.8 Å². The Bertz CT molecular complexity index is 1330. The van der Waals surface area contributed by atoms with Crippen LogP contribution in [0.15, 0.2) is 70.9 Å². The fraction of sp³-hybridized carbons (Fsp3) is 0.217. The summed E-state index contributed by atoms with van der Waals surface area (Å²) in [5.74, 6) is -2.04. The van der Waals surface area contributed by atoms with Crippen LogP contribution in [0.4, 0.5) is 0 Å². The van der Waals surface area contributed by atoms with Gasteiger partial charge in [0.25, 0.3) is 10.0 Å². The summed E-state index contributed by atoms with van der Waals surface area (Å²) in [6, 6.07) is 18.5. The molecular weight excluding hydrogens is 500 g/mol. The fourth-order valence-corrected chi connectivity index (χ4v) is 6.97. The summed E-state index contributed by atoms with van der Waals surface area (Å²) >= 11 is 6.93. The molecule has 8 nitrogen and oxygen atoms in total. The van der Waals surface area contributed by atoms with Crippen molar-refractivity contribution in [1.29, 1.82) is 0 Å². The Morgan fingerprint density at radius 3 is 2.32 bits per heavy atom. The first-order valence-corrected chi connectivity index (χ1v) is 12.9. The van der Waals surface area contributed by atoms with Crippen molar-refractivity contribution in [2.75, 3.05) is 13.2 Å². The predicted molar refractivity (Wildman–Crippen MR) is 128 cm³/mol. The van der Waals surface area contributed by atoms with Crippen molar-refractivity contribution in [2.24, 2.45) is 0 Å². The van der Waals surface area contributed by atoms with Crippen LogP contribution in [0.25, 0.3) is 10.4 Å². The maximum absolute atomic E-state index is 13.3. The van der Waals surface area contributed by atoms with E-state index in [1.54, 1.807) is 60.7 Å². The van der Waals surface area contributed by atoms with Gasteiger partial charge in [-0.2, -0.15) is 4.72 Å². The largest absolute Gasteiger partial charge is 0.480 e. The summed E-state index contributed by atoms with van der Waals surface area (Å²) in [5, 5.41) is 22.3. The zero-order valence-electron chi connectivity index (χ0n) is 17.7. The minimum Gasteiger partial charge on any atom is -0.480 e. The SMILES string of the molecule is O=C(CO)NC[C@@]1(c2ccccc2)C[C@]1(NS(=O)(=O)c1ccc(-c2ccc(Cl)cc2)s1)C(=O)O. The molecule has 0 aliphatic heterocycles. The smallest absolute Gasteiger partial charge is 0.325 e. The Morgan fingerprint density at radius 1 is 1.03 bits per heavy atom. The number of aliphatic hydroxyl groups is 1. The van der Waals surface area contributed by atoms with E-state index in [1.807, 2.05) is 0 Å². The summed E-state index contributed by atoms with van der Waals surface area (Å²) in [6.07, 6.45) is -0.0697. The molecule has 1 amide bonds. The number of rotatable bonds is 9. The highest BCUT2D eigenvalue weighted by atomic mass is 35.5. The quantitative estimate of drug-likeness (QED) is 0.343. The first-order valence-electron chi connectivity index (χ1n) is 10.2. The minimum atomic E-state index is -4.22. The number of carboxylic acid groups (broad SMARTS) is 1. The van der Waals surface area contributed by atoms with Crippen LogP contribution in [0.5, 0.6) is 0 Å². The van der Waals surface area contributed by atoms with Crippen LogP contribution in [0.3, 0.4) is 0 Å². The summed E-state index contributed by atoms with van der Waals surface area (Å²) in [5.41, 5.74) is -1.76. The average Bonchev–Trinajstić information content (AvgIpc) is 3.20. The molecule has 1 aliphatic carbocycles. The molecule has 0 saturated heterocycles. The number of aliphatic hydroxyl groups excluding tert-OH is 1. The van der Waals surface area contributed by atoms with Crippen LogP contribution in [-0.4, -0.2) is 49.2 Å². The van der Waals surface area contributed by atoms with E-state index < -0.39 is 39.5 Å². The van der Waals surface area contributed by atoms with Crippen molar-refractivity contribution in [1.82, 2.24) is 10.0 Å². The van der Waals surface area contributed by atoms with Crippen LogP contribution in [0, 0.1) is 0 Å². The van der Waals surface area contributed by atoms with Gasteiger partial charge in [0.2, 0.25) is 5.91 Å². The highest BCUT2D eigenvalue weighted by molar-refractivity contribution is 7.91. The molecule has 4 rings (SSSR count). The second-order valence-corrected chi connectivity index (χ2v) is 11.4. The van der Waals surface area contributed by atoms with Crippen molar-refractivity contribution in [3.8, 4) is 10.4 Å². The molecule has 178 valence electrons. The number of sulfonamides is 1. The number of nitrogens with one attached hydrogen (secondary N) is 2. The number of hydrogen-bond donors (Lipinski definition) is 4. The summed E-state index contributed by atoms with van der Waals surface area (Å²) < 4.78 is 29.0. The number of benzene rings is 2. The van der Waals surface area contributed by atoms with Gasteiger partial charge < -0.3 is 15.5 Å². The number of hydrogen-bond acceptors (Lipinski definition) is 6. The van der Waals surface area contributed by atoms with Crippen LogP contribution >= 0.6 is 22.9 Å². The van der Waals surface area contributed by atoms with E-state index in [0.717, 1.165) is 16.9 Å². The Kier molecular flexibility index (Phi) is 6.54. The van der Waals surface area contributed by atoms with Crippen molar-refractivity contribution < 1.29 is 28.2 Å². The molecule has 1 heterocycles. The number of carbonyl (C=O) groups excluding carboxylic acids is 1. The summed E-state index contributed by atoms with van der Waals surface area (Å²) in [4.78, 5) is 24.8. The maximum atomic E-state index is 13.3. The number of carboxylic acids is 1. The van der Waals surface area contributed by atoms with Crippen molar-refractivity contribution in [3.05, 3.63) is 77.3 Å². The molecule has 0 bridgehead atoms. The van der Waals surface area contributed by atoms with Gasteiger partial charge in [-0.15, -0.1) is 11.3 Å². The monoisotopic (exact) mass is 520 g/mol. The van der Waals surface area contributed by atoms with Gasteiger partial charge in [0.1, 0.15) is 16.4 Å². The average molecular weight is 521 g/mol. The number of amides is 1. The summed E-state index contributed by atoms with van der Waals surface area (Å²) in [7, 11) is -4.22. The van der Waals surface area contributed by atoms with Crippen molar-refractivity contribution >= 4 is 44.8 Å². The van der Waals surface area contributed by atoms with Gasteiger partial charge in [0.05, 0.1) is 0 Å². The normalized spacial score (nSPS) is 21.7. The molecule has 1 fully saturated rings. The first kappa shape index (κ1) is 24.4. The third-order valence-corrected chi connectivity index (χ3v) is 9.34. The van der Waals surface area contributed by atoms with Gasteiger partial charge in [0.15, 0.2) is 0 Å². The van der Waals surface area contributed by atoms with Gasteiger partial charge in [-0.3, -0.25) is 9.59 Å². The maximum Gasteiger partial charge on any atom is 0.325 e. The number of halogens is 1. The van der Waals surface area contributed by atoms with E-state index in [9.17, 15) is 23.1 Å². The molecule has 2 atom stereocenters. The predicted octanol–water partition coefficient (Wildman–Crippen LogP) is 2.62. The molecule has 1 saturated carbocycles. The number of carbonyl (C=O) groups is 2. The van der Waals surface area contributed by atoms with Gasteiger partial charge in [-0.25, -0.2) is 8.42 Å². The third kappa shape index (κ3) is 4.35. The second kappa shape index (κ2) is 9.12. The highest BCUT2D eigenvalue weighted by Crippen LogP contribution is 2.58. The van der Waals surface area contributed by atoms with E-state index in [4.69, 9.17) is 16.7 Å². The molecule has 0 radical (unpaired) electrons. The van der Waals surface area contributed by atoms with Crippen LogP contribution in [0.1, 0.15) is 12.0 Å². The Morgan fingerprint density at radius 2 is 1.71 bits per heavy atom. The number of aliphatic carboxylic acids is 1. The second-order valence-electron chi connectivity index (χ2n) is 8.00. The van der Waals surface area contributed by atoms with E-state index >= 15 is 0 Å². The molecule has 4 N–H and O–H groups in total. The molecule has 1 aliphatic rings. The lowest BCUT2D eigenvalue weighted by Gasteiger charge is -2.24. The van der Waals surface area contributed by atoms with Gasteiger partial charge >= 0.3 is 5.97 Å². The lowest BCUT2D eigenvalue weighted by Crippen LogP contribution is -2.51. The zero-order valence-corrected chi connectivity index (χ0v) is 20.1. The van der Waals surface area contributed by atoms with Crippen molar-refractivity contribution in [2.45, 2.75) is 21.6 Å². The van der Waals surface area contributed by atoms with Crippen LogP contribution < -0.4 is 10.0 Å². The Labute approximate surface area is 205 Å². The van der Waals surface area contributed by atoms with Crippen molar-refractivity contribution in [3.63, 3.8) is 0 Å².